The van der Waals surface area contributed by atoms with Gasteiger partial charge in [-0.05, 0) is 33.1 Å². The van der Waals surface area contributed by atoms with E-state index in [-0.39, 0.29) is 24.4 Å². The molecule has 0 amide bonds. The normalized spacial score (nSPS) is 13.9. The lowest BCUT2D eigenvalue weighted by Gasteiger charge is -2.16. The van der Waals surface area contributed by atoms with Crippen molar-refractivity contribution in [1.29, 1.82) is 0 Å². The Balaban J connectivity index is 2.16. The molecule has 2 aromatic rings. The van der Waals surface area contributed by atoms with Gasteiger partial charge < -0.3 is 13.6 Å². The van der Waals surface area contributed by atoms with Crippen LogP contribution in [0.5, 0.6) is 0 Å². The van der Waals surface area contributed by atoms with Crippen LogP contribution in [0.25, 0.3) is 11.2 Å². The Kier molecular flexibility index (Phi) is 8.22. The minimum atomic E-state index is -3.03. The molecule has 0 fully saturated rings. The Morgan fingerprint density at radius 1 is 1.04 bits per heavy atom. The van der Waals surface area contributed by atoms with E-state index in [1.54, 1.807) is 20.2 Å². The van der Waals surface area contributed by atoms with Gasteiger partial charge in [-0.15, -0.1) is 0 Å². The predicted octanol–water partition coefficient (Wildman–Crippen LogP) is 2.84. The molecule has 0 radical (unpaired) electrons. The molecule has 28 heavy (non-hydrogen) atoms. The molecule has 10 heteroatoms. The lowest BCUT2D eigenvalue weighted by Crippen LogP contribution is -2.40. The lowest BCUT2D eigenvalue weighted by molar-refractivity contribution is 0.208. The lowest BCUT2D eigenvalue weighted by atomic mass is 10.3. The highest BCUT2D eigenvalue weighted by molar-refractivity contribution is 7.53. The van der Waals surface area contributed by atoms with Gasteiger partial charge in [0.15, 0.2) is 11.2 Å². The fraction of sp³-hybridized carbons (Fsp3) is 0.722. The van der Waals surface area contributed by atoms with Crippen LogP contribution in [0.15, 0.2) is 15.9 Å². The van der Waals surface area contributed by atoms with Gasteiger partial charge in [-0.1, -0.05) is 13.8 Å². The second-order valence-corrected chi connectivity index (χ2v) is 8.85. The van der Waals surface area contributed by atoms with E-state index >= 15 is 0 Å². The fourth-order valence-corrected chi connectivity index (χ4v) is 4.36. The first-order valence-electron chi connectivity index (χ1n) is 9.98. The smallest absolute Gasteiger partial charge is 0.325 e. The number of rotatable bonds is 12. The molecule has 2 aromatic heterocycles. The molecule has 0 aliphatic heterocycles. The molecule has 2 rings (SSSR count). The number of nitrogens with zero attached hydrogens (tertiary/aromatic N) is 4. The Hall–Kier alpha value is -1.70. The number of unbranched alkanes of at least 4 members (excludes halogenated alkanes) is 1. The minimum absolute atomic E-state index is 0.262. The molecule has 0 bridgehead atoms. The third kappa shape index (κ3) is 4.82. The zero-order chi connectivity index (χ0) is 20.7. The van der Waals surface area contributed by atoms with Crippen LogP contribution >= 0.6 is 7.60 Å². The summed E-state index contributed by atoms with van der Waals surface area (Å²) in [6.07, 6.45) is 3.93. The van der Waals surface area contributed by atoms with Gasteiger partial charge in [-0.25, -0.2) is 9.78 Å². The van der Waals surface area contributed by atoms with E-state index in [1.165, 1.54) is 9.13 Å². The summed E-state index contributed by atoms with van der Waals surface area (Å²) >= 11 is 0. The molecule has 9 nitrogen and oxygen atoms in total. The molecule has 158 valence electrons. The number of aryl methyl sites for hydroxylation is 2. The van der Waals surface area contributed by atoms with Crippen molar-refractivity contribution in [3.05, 3.63) is 27.2 Å². The second-order valence-electron chi connectivity index (χ2n) is 6.48. The van der Waals surface area contributed by atoms with Crippen LogP contribution in [0.4, 0.5) is 0 Å². The number of aromatic nitrogens is 4. The van der Waals surface area contributed by atoms with Gasteiger partial charge in [0.05, 0.1) is 19.5 Å². The Morgan fingerprint density at radius 2 is 1.79 bits per heavy atom. The molecule has 1 atom stereocenters. The molecule has 2 heterocycles. The Labute approximate surface area is 164 Å². The summed E-state index contributed by atoms with van der Waals surface area (Å²) in [6.45, 7) is 9.41. The molecule has 0 aromatic carbocycles. The number of hydrogen-bond acceptors (Lipinski definition) is 6. The van der Waals surface area contributed by atoms with Gasteiger partial charge in [0, 0.05) is 25.8 Å². The highest BCUT2D eigenvalue weighted by Crippen LogP contribution is 2.47. The summed E-state index contributed by atoms with van der Waals surface area (Å²) < 4.78 is 27.5. The summed E-state index contributed by atoms with van der Waals surface area (Å²) in [5.74, 6) is 0. The summed E-state index contributed by atoms with van der Waals surface area (Å²) in [5, 5.41) is 0. The van der Waals surface area contributed by atoms with E-state index in [9.17, 15) is 14.2 Å². The largest absolute Gasteiger partial charge is 0.332 e. The van der Waals surface area contributed by atoms with Gasteiger partial charge in [0.1, 0.15) is 0 Å². The van der Waals surface area contributed by atoms with Gasteiger partial charge in [0.25, 0.3) is 5.56 Å². The van der Waals surface area contributed by atoms with E-state index in [0.717, 1.165) is 6.42 Å². The molecule has 0 saturated heterocycles. The highest BCUT2D eigenvalue weighted by atomic mass is 31.2. The maximum absolute atomic E-state index is 12.9. The molecular weight excluding hydrogens is 383 g/mol. The molecule has 0 aliphatic carbocycles. The number of hydrogen-bond donors (Lipinski definition) is 0. The van der Waals surface area contributed by atoms with Crippen molar-refractivity contribution >= 4 is 18.8 Å². The van der Waals surface area contributed by atoms with Crippen LogP contribution in [-0.2, 0) is 33.2 Å². The maximum Gasteiger partial charge on any atom is 0.332 e. The van der Waals surface area contributed by atoms with Crippen LogP contribution < -0.4 is 11.2 Å². The van der Waals surface area contributed by atoms with E-state index in [4.69, 9.17) is 9.05 Å². The van der Waals surface area contributed by atoms with Crippen LogP contribution in [0.3, 0.4) is 0 Å². The first-order valence-corrected chi connectivity index (χ1v) is 11.7. The van der Waals surface area contributed by atoms with E-state index in [2.05, 4.69) is 4.98 Å². The van der Waals surface area contributed by atoms with E-state index < -0.39 is 7.60 Å². The van der Waals surface area contributed by atoms with Gasteiger partial charge in [-0.3, -0.25) is 18.5 Å². The van der Waals surface area contributed by atoms with Crippen LogP contribution in [0.2, 0.25) is 0 Å². The van der Waals surface area contributed by atoms with Crippen molar-refractivity contribution in [2.45, 2.75) is 66.6 Å². The average Bonchev–Trinajstić information content (AvgIpc) is 3.08. The standard InChI is InChI=1S/C18H31N4O5P/c1-5-11-20-14-19-16-15(20)17(23)22(18(24)21(16)6-2)12-9-10-13-27-28(25,8-4)26-7-3/h14H,5-13H2,1-4H3. The number of fused-ring (bicyclic) bond motifs is 1. The third-order valence-electron chi connectivity index (χ3n) is 4.54. The van der Waals surface area contributed by atoms with Crippen molar-refractivity contribution in [3.8, 4) is 0 Å². The monoisotopic (exact) mass is 414 g/mol. The second kappa shape index (κ2) is 10.2. The van der Waals surface area contributed by atoms with Gasteiger partial charge in [-0.2, -0.15) is 0 Å². The van der Waals surface area contributed by atoms with E-state index in [0.29, 0.717) is 49.9 Å². The summed E-state index contributed by atoms with van der Waals surface area (Å²) in [7, 11) is -3.03. The minimum Gasteiger partial charge on any atom is -0.325 e. The quantitative estimate of drug-likeness (QED) is 0.391. The molecule has 0 saturated carbocycles. The summed E-state index contributed by atoms with van der Waals surface area (Å²) in [4.78, 5) is 29.9. The Morgan fingerprint density at radius 3 is 2.39 bits per heavy atom. The predicted molar refractivity (Wildman–Crippen MR) is 109 cm³/mol. The third-order valence-corrected chi connectivity index (χ3v) is 6.54. The molecule has 0 spiro atoms. The molecular formula is C18H31N4O5P. The first kappa shape index (κ1) is 22.6. The van der Waals surface area contributed by atoms with E-state index in [1.807, 2.05) is 18.4 Å². The summed E-state index contributed by atoms with van der Waals surface area (Å²) in [5.41, 5.74) is 0.235. The Bertz CT molecular complexity index is 946. The molecule has 0 aliphatic rings. The van der Waals surface area contributed by atoms with Crippen LogP contribution in [-0.4, -0.2) is 38.1 Å². The zero-order valence-corrected chi connectivity index (χ0v) is 18.1. The maximum atomic E-state index is 12.9. The first-order chi connectivity index (χ1) is 13.4. The van der Waals surface area contributed by atoms with Crippen LogP contribution in [0, 0.1) is 0 Å². The SMILES string of the molecule is CCCn1cnc2c1c(=O)n(CCCCOP(=O)(CC)OCC)c(=O)n2CC. The fourth-order valence-electron chi connectivity index (χ4n) is 3.12. The van der Waals surface area contributed by atoms with Crippen LogP contribution in [0.1, 0.15) is 47.0 Å². The van der Waals surface area contributed by atoms with Crippen molar-refractivity contribution < 1.29 is 13.6 Å². The number of imidazole rings is 1. The topological polar surface area (TPSA) is 97.4 Å². The van der Waals surface area contributed by atoms with Gasteiger partial charge >= 0.3 is 13.3 Å². The van der Waals surface area contributed by atoms with Crippen molar-refractivity contribution in [1.82, 2.24) is 18.7 Å². The zero-order valence-electron chi connectivity index (χ0n) is 17.2. The average molecular weight is 414 g/mol. The van der Waals surface area contributed by atoms with Crippen molar-refractivity contribution in [3.63, 3.8) is 0 Å². The molecule has 0 N–H and O–H groups in total. The van der Waals surface area contributed by atoms with Gasteiger partial charge in [0.2, 0.25) is 0 Å². The summed E-state index contributed by atoms with van der Waals surface area (Å²) in [6, 6.07) is 0. The van der Waals surface area contributed by atoms with Crippen molar-refractivity contribution in [2.24, 2.45) is 0 Å². The van der Waals surface area contributed by atoms with Crippen molar-refractivity contribution in [2.75, 3.05) is 19.4 Å². The molecule has 1 unspecified atom stereocenters. The highest BCUT2D eigenvalue weighted by Gasteiger charge is 2.21.